The Bertz CT molecular complexity index is 2010. The predicted molar refractivity (Wildman–Crippen MR) is 215 cm³/mol. The second kappa shape index (κ2) is 21.4. The number of rotatable bonds is 19. The monoisotopic (exact) mass is 778 g/mol. The molecule has 0 spiro atoms. The van der Waals surface area contributed by atoms with Gasteiger partial charge in [-0.25, -0.2) is 19.2 Å². The highest BCUT2D eigenvalue weighted by Crippen LogP contribution is 2.25. The topological polar surface area (TPSA) is 124 Å². The molecule has 0 aliphatic carbocycles. The second-order valence-corrected chi connectivity index (χ2v) is 13.1. The molecule has 6 aromatic rings. The maximum absolute atomic E-state index is 14.1. The summed E-state index contributed by atoms with van der Waals surface area (Å²) in [5, 5.41) is 0. The Morgan fingerprint density at radius 2 is 0.569 bits per heavy atom. The molecule has 0 amide bonds. The lowest BCUT2D eigenvalue weighted by Gasteiger charge is -2.36. The highest BCUT2D eigenvalue weighted by atomic mass is 16.6. The quantitative estimate of drug-likeness (QED) is 0.0586. The van der Waals surface area contributed by atoms with E-state index in [1.165, 1.54) is 0 Å². The van der Waals surface area contributed by atoms with Crippen LogP contribution in [0.25, 0.3) is 0 Å². The zero-order valence-electron chi connectivity index (χ0n) is 31.5. The molecule has 0 aliphatic heterocycles. The second-order valence-electron chi connectivity index (χ2n) is 13.1. The van der Waals surface area contributed by atoms with Gasteiger partial charge in [-0.15, -0.1) is 0 Å². The maximum atomic E-state index is 14.1. The highest BCUT2D eigenvalue weighted by molar-refractivity contribution is 5.92. The van der Waals surface area contributed by atoms with Crippen molar-refractivity contribution >= 4 is 23.9 Å². The van der Waals surface area contributed by atoms with E-state index in [4.69, 9.17) is 28.4 Å². The Morgan fingerprint density at radius 1 is 0.328 bits per heavy atom. The van der Waals surface area contributed by atoms with E-state index in [-0.39, 0.29) is 48.7 Å². The van der Waals surface area contributed by atoms with Crippen LogP contribution in [0.3, 0.4) is 0 Å². The average molecular weight is 779 g/mol. The van der Waals surface area contributed by atoms with Gasteiger partial charge in [0.1, 0.15) is 0 Å². The number of benzene rings is 6. The van der Waals surface area contributed by atoms with Crippen molar-refractivity contribution in [1.29, 1.82) is 0 Å². The van der Waals surface area contributed by atoms with Crippen molar-refractivity contribution in [1.82, 2.24) is 0 Å². The van der Waals surface area contributed by atoms with Crippen molar-refractivity contribution < 1.29 is 47.6 Å². The highest BCUT2D eigenvalue weighted by Gasteiger charge is 2.45. The summed E-state index contributed by atoms with van der Waals surface area (Å²) in [6, 6.07) is 51.5. The molecule has 0 aromatic heterocycles. The lowest BCUT2D eigenvalue weighted by molar-refractivity contribution is -0.147. The van der Waals surface area contributed by atoms with E-state index in [9.17, 15) is 19.2 Å². The van der Waals surface area contributed by atoms with Gasteiger partial charge in [0.2, 0.25) is 0 Å². The lowest BCUT2D eigenvalue weighted by atomic mass is 10.0. The van der Waals surface area contributed by atoms with Crippen LogP contribution >= 0.6 is 0 Å². The smallest absolute Gasteiger partial charge is 0.338 e. The fourth-order valence-corrected chi connectivity index (χ4v) is 5.93. The Balaban J connectivity index is 1.44. The van der Waals surface area contributed by atoms with E-state index in [2.05, 4.69) is 0 Å². The van der Waals surface area contributed by atoms with Gasteiger partial charge in [-0.1, -0.05) is 133 Å². The minimum absolute atomic E-state index is 0.0979. The Labute approximate surface area is 336 Å². The first kappa shape index (κ1) is 40.8. The van der Waals surface area contributed by atoms with Gasteiger partial charge in [-0.2, -0.15) is 0 Å². The standard InChI is InChI=1S/C48H42O10/c49-45(37-23-11-3-12-24-37)55-41(33-53-31-35-19-7-1-8-20-35)43(57-47(51)39-27-15-5-16-28-39)44(58-48(52)40-29-17-6-18-30-40)42(34-54-32-36-21-9-2-10-22-36)56-46(50)38-25-13-4-14-26-38/h1-30,41-44H,31-34H2/t41-,42-,43+,44+/m1/s1. The van der Waals surface area contributed by atoms with Crippen LogP contribution in [0.1, 0.15) is 52.6 Å². The molecule has 10 nitrogen and oxygen atoms in total. The summed E-state index contributed by atoms with van der Waals surface area (Å²) in [5.74, 6) is -3.18. The fraction of sp³-hybridized carbons (Fsp3) is 0.167. The summed E-state index contributed by atoms with van der Waals surface area (Å²) in [7, 11) is 0. The minimum atomic E-state index is -1.63. The van der Waals surface area contributed by atoms with Crippen molar-refractivity contribution in [2.75, 3.05) is 13.2 Å². The Morgan fingerprint density at radius 3 is 0.845 bits per heavy atom. The zero-order valence-corrected chi connectivity index (χ0v) is 31.5. The molecule has 4 atom stereocenters. The van der Waals surface area contributed by atoms with Crippen LogP contribution in [0, 0.1) is 0 Å². The summed E-state index contributed by atoms with van der Waals surface area (Å²) in [6.07, 6.45) is -6.11. The molecule has 58 heavy (non-hydrogen) atoms. The van der Waals surface area contributed by atoms with Crippen molar-refractivity contribution in [2.45, 2.75) is 37.6 Å². The molecule has 0 saturated carbocycles. The molecule has 0 heterocycles. The van der Waals surface area contributed by atoms with Gasteiger partial charge in [0.05, 0.1) is 48.7 Å². The molecule has 0 aliphatic rings. The molecular weight excluding hydrogens is 737 g/mol. The van der Waals surface area contributed by atoms with Gasteiger partial charge in [0.15, 0.2) is 24.4 Å². The number of ether oxygens (including phenoxy) is 6. The van der Waals surface area contributed by atoms with E-state index in [0.717, 1.165) is 11.1 Å². The van der Waals surface area contributed by atoms with E-state index >= 15 is 0 Å². The summed E-state index contributed by atoms with van der Waals surface area (Å²) >= 11 is 0. The van der Waals surface area contributed by atoms with Crippen LogP contribution in [-0.2, 0) is 41.6 Å². The normalized spacial score (nSPS) is 12.9. The van der Waals surface area contributed by atoms with Gasteiger partial charge in [0, 0.05) is 0 Å². The summed E-state index contributed by atoms with van der Waals surface area (Å²) in [4.78, 5) is 55.8. The van der Waals surface area contributed by atoms with Gasteiger partial charge in [0.25, 0.3) is 0 Å². The van der Waals surface area contributed by atoms with Gasteiger partial charge < -0.3 is 28.4 Å². The Hall–Kier alpha value is -6.88. The van der Waals surface area contributed by atoms with Crippen LogP contribution in [0.4, 0.5) is 0 Å². The van der Waals surface area contributed by atoms with Crippen LogP contribution < -0.4 is 0 Å². The zero-order chi connectivity index (χ0) is 40.4. The number of carbonyl (C=O) groups excluding carboxylic acids is 4. The van der Waals surface area contributed by atoms with Crippen molar-refractivity contribution in [3.05, 3.63) is 215 Å². The van der Waals surface area contributed by atoms with E-state index < -0.39 is 48.3 Å². The molecule has 0 fully saturated rings. The van der Waals surface area contributed by atoms with Crippen LogP contribution in [0.15, 0.2) is 182 Å². The minimum Gasteiger partial charge on any atom is -0.452 e. The maximum Gasteiger partial charge on any atom is 0.338 e. The van der Waals surface area contributed by atoms with Crippen molar-refractivity contribution in [3.8, 4) is 0 Å². The third-order valence-electron chi connectivity index (χ3n) is 8.89. The molecular formula is C48H42O10. The summed E-state index contributed by atoms with van der Waals surface area (Å²) in [5.41, 5.74) is 2.39. The first-order chi connectivity index (χ1) is 28.4. The van der Waals surface area contributed by atoms with Crippen LogP contribution in [0.5, 0.6) is 0 Å². The van der Waals surface area contributed by atoms with E-state index in [1.54, 1.807) is 121 Å². The van der Waals surface area contributed by atoms with Gasteiger partial charge in [-0.05, 0) is 59.7 Å². The van der Waals surface area contributed by atoms with Crippen LogP contribution in [-0.4, -0.2) is 61.5 Å². The van der Waals surface area contributed by atoms with E-state index in [0.29, 0.717) is 0 Å². The third kappa shape index (κ3) is 12.1. The number of hydrogen-bond donors (Lipinski definition) is 0. The van der Waals surface area contributed by atoms with E-state index in [1.807, 2.05) is 60.7 Å². The number of esters is 4. The largest absolute Gasteiger partial charge is 0.452 e. The van der Waals surface area contributed by atoms with Gasteiger partial charge >= 0.3 is 23.9 Å². The molecule has 0 N–H and O–H groups in total. The molecule has 10 heteroatoms. The number of hydrogen-bond acceptors (Lipinski definition) is 10. The first-order valence-electron chi connectivity index (χ1n) is 18.7. The molecule has 0 unspecified atom stereocenters. The third-order valence-corrected chi connectivity index (χ3v) is 8.89. The van der Waals surface area contributed by atoms with Gasteiger partial charge in [-0.3, -0.25) is 0 Å². The fourth-order valence-electron chi connectivity index (χ4n) is 5.93. The summed E-state index contributed by atoms with van der Waals surface area (Å²) < 4.78 is 37.1. The van der Waals surface area contributed by atoms with Crippen LogP contribution in [0.2, 0.25) is 0 Å². The molecule has 6 aromatic carbocycles. The van der Waals surface area contributed by atoms with Crippen molar-refractivity contribution in [2.24, 2.45) is 0 Å². The predicted octanol–water partition coefficient (Wildman–Crippen LogP) is 8.32. The molecule has 6 rings (SSSR count). The molecule has 0 radical (unpaired) electrons. The molecule has 0 saturated heterocycles. The average Bonchev–Trinajstić information content (AvgIpc) is 3.28. The van der Waals surface area contributed by atoms with Crippen molar-refractivity contribution in [3.63, 3.8) is 0 Å². The SMILES string of the molecule is O=C(O[C@H]([C@@H](OC(=O)c1ccccc1)[C@@H](COCc1ccccc1)OC(=O)c1ccccc1)[C@@H](COCc1ccccc1)OC(=O)c1ccccc1)c1ccccc1. The number of carbonyl (C=O) groups is 4. The summed E-state index contributed by atoms with van der Waals surface area (Å²) in [6.45, 7) is -0.463. The first-order valence-corrected chi connectivity index (χ1v) is 18.7. The Kier molecular flexibility index (Phi) is 15.1. The molecule has 0 bridgehead atoms. The molecule has 294 valence electrons. The lowest BCUT2D eigenvalue weighted by Crippen LogP contribution is -2.54.